The molecule has 0 saturated carbocycles. The van der Waals surface area contributed by atoms with E-state index in [0.717, 1.165) is 17.3 Å². The minimum absolute atomic E-state index is 0.783. The third-order valence-corrected chi connectivity index (χ3v) is 3.75. The van der Waals surface area contributed by atoms with Crippen molar-refractivity contribution in [3.63, 3.8) is 0 Å². The normalized spacial score (nSPS) is 10.3. The summed E-state index contributed by atoms with van der Waals surface area (Å²) in [7, 11) is 0. The van der Waals surface area contributed by atoms with E-state index < -0.39 is 0 Å². The third-order valence-electron chi connectivity index (χ3n) is 2.56. The van der Waals surface area contributed by atoms with E-state index in [0.29, 0.717) is 0 Å². The summed E-state index contributed by atoms with van der Waals surface area (Å²) in [5, 5.41) is 4.24. The van der Waals surface area contributed by atoms with Gasteiger partial charge in [0.1, 0.15) is 0 Å². The predicted octanol–water partition coefficient (Wildman–Crippen LogP) is 5.06. The molecule has 1 nitrogen and oxygen atoms in total. The lowest BCUT2D eigenvalue weighted by Crippen LogP contribution is -2.00. The second-order valence-corrected chi connectivity index (χ2v) is 5.65. The molecule has 18 heavy (non-hydrogen) atoms. The summed E-state index contributed by atoms with van der Waals surface area (Å²) in [6.07, 6.45) is 0. The Morgan fingerprint density at radius 3 is 2.72 bits per heavy atom. The maximum Gasteiger partial charge on any atom is 0.0481 e. The maximum atomic E-state index is 5.98. The number of benzene rings is 2. The molecule has 94 valence electrons. The topological polar surface area (TPSA) is 12.0 Å². The number of hydrogen-bond acceptors (Lipinski definition) is 2. The van der Waals surface area contributed by atoms with Gasteiger partial charge in [-0.3, -0.25) is 0 Å². The number of anilines is 1. The first-order valence-corrected chi connectivity index (χ1v) is 7.36. The number of nitrogens with one attached hydrogen (secondary N) is 1. The van der Waals surface area contributed by atoms with Gasteiger partial charge in [-0.05, 0) is 35.6 Å². The molecule has 0 aliphatic rings. The van der Waals surface area contributed by atoms with Crippen LogP contribution in [0.1, 0.15) is 12.5 Å². The highest BCUT2D eigenvalue weighted by atomic mass is 35.5. The Balaban J connectivity index is 2.06. The van der Waals surface area contributed by atoms with E-state index >= 15 is 0 Å². The molecule has 2 aromatic rings. The van der Waals surface area contributed by atoms with Gasteiger partial charge in [0.25, 0.3) is 0 Å². The average molecular weight is 278 g/mol. The molecule has 0 bridgehead atoms. The molecule has 0 amide bonds. The lowest BCUT2D eigenvalue weighted by Gasteiger charge is -2.11. The molecule has 0 radical (unpaired) electrons. The number of hydrogen-bond donors (Lipinski definition) is 1. The summed E-state index contributed by atoms with van der Waals surface area (Å²) < 4.78 is 0. The first kappa shape index (κ1) is 13.3. The summed E-state index contributed by atoms with van der Waals surface area (Å²) in [6.45, 7) is 2.96. The highest BCUT2D eigenvalue weighted by Gasteiger charge is 2.01. The van der Waals surface area contributed by atoms with Crippen LogP contribution < -0.4 is 5.32 Å². The fourth-order valence-corrected chi connectivity index (χ4v) is 2.73. The molecule has 0 fully saturated rings. The maximum absolute atomic E-state index is 5.98. The van der Waals surface area contributed by atoms with Gasteiger partial charge in [0.15, 0.2) is 0 Å². The van der Waals surface area contributed by atoms with Gasteiger partial charge in [-0.15, -0.1) is 11.8 Å². The predicted molar refractivity (Wildman–Crippen MR) is 81.6 cm³/mol. The molecule has 0 saturated heterocycles. The highest BCUT2D eigenvalue weighted by Crippen LogP contribution is 2.27. The van der Waals surface area contributed by atoms with Crippen LogP contribution in [0.3, 0.4) is 0 Å². The average Bonchev–Trinajstić information content (AvgIpc) is 2.38. The van der Waals surface area contributed by atoms with Crippen molar-refractivity contribution >= 4 is 29.1 Å². The molecular formula is C15H16ClNS. The van der Waals surface area contributed by atoms with Crippen LogP contribution >= 0.6 is 23.4 Å². The Kier molecular flexibility index (Phi) is 4.97. The molecule has 3 heteroatoms. The van der Waals surface area contributed by atoms with Crippen molar-refractivity contribution in [1.82, 2.24) is 0 Å². The van der Waals surface area contributed by atoms with Gasteiger partial charge in [0.05, 0.1) is 0 Å². The van der Waals surface area contributed by atoms with Crippen molar-refractivity contribution < 1.29 is 0 Å². The zero-order chi connectivity index (χ0) is 12.8. The van der Waals surface area contributed by atoms with Crippen molar-refractivity contribution in [2.45, 2.75) is 18.4 Å². The molecule has 0 atom stereocenters. The number of thioether (sulfide) groups is 1. The van der Waals surface area contributed by atoms with E-state index in [4.69, 9.17) is 11.6 Å². The lowest BCUT2D eigenvalue weighted by atomic mass is 10.2. The quantitative estimate of drug-likeness (QED) is 0.766. The van der Waals surface area contributed by atoms with Crippen molar-refractivity contribution in [2.75, 3.05) is 11.1 Å². The smallest absolute Gasteiger partial charge is 0.0481 e. The van der Waals surface area contributed by atoms with E-state index in [-0.39, 0.29) is 0 Å². The number of rotatable bonds is 5. The van der Waals surface area contributed by atoms with Crippen LogP contribution in [0.5, 0.6) is 0 Å². The Hall–Kier alpha value is -1.12. The molecule has 2 rings (SSSR count). The second-order valence-electron chi connectivity index (χ2n) is 3.91. The van der Waals surface area contributed by atoms with Crippen LogP contribution in [0.25, 0.3) is 0 Å². The van der Waals surface area contributed by atoms with Crippen molar-refractivity contribution in [3.8, 4) is 0 Å². The summed E-state index contributed by atoms with van der Waals surface area (Å²) >= 11 is 7.83. The number of halogens is 1. The molecule has 1 N–H and O–H groups in total. The Bertz CT molecular complexity index is 513. The van der Waals surface area contributed by atoms with Crippen LogP contribution in [0.4, 0.5) is 5.69 Å². The summed E-state index contributed by atoms with van der Waals surface area (Å²) in [4.78, 5) is 1.29. The van der Waals surface area contributed by atoms with Crippen LogP contribution in [-0.2, 0) is 6.54 Å². The van der Waals surface area contributed by atoms with Crippen molar-refractivity contribution in [2.24, 2.45) is 0 Å². The van der Waals surface area contributed by atoms with Gasteiger partial charge in [-0.25, -0.2) is 0 Å². The molecule has 0 spiro atoms. The lowest BCUT2D eigenvalue weighted by molar-refractivity contribution is 1.13. The Morgan fingerprint density at radius 1 is 1.11 bits per heavy atom. The van der Waals surface area contributed by atoms with E-state index in [2.05, 4.69) is 42.6 Å². The monoisotopic (exact) mass is 277 g/mol. The van der Waals surface area contributed by atoms with Crippen LogP contribution in [-0.4, -0.2) is 5.75 Å². The summed E-state index contributed by atoms with van der Waals surface area (Å²) in [5.41, 5.74) is 2.38. The van der Waals surface area contributed by atoms with E-state index in [1.54, 1.807) is 0 Å². The number of para-hydroxylation sites is 1. The zero-order valence-electron chi connectivity index (χ0n) is 10.3. The largest absolute Gasteiger partial charge is 0.380 e. The highest BCUT2D eigenvalue weighted by molar-refractivity contribution is 7.99. The molecule has 2 aromatic carbocycles. The van der Waals surface area contributed by atoms with Gasteiger partial charge in [0.2, 0.25) is 0 Å². The van der Waals surface area contributed by atoms with Gasteiger partial charge >= 0.3 is 0 Å². The van der Waals surface area contributed by atoms with Crippen LogP contribution in [0, 0.1) is 0 Å². The molecule has 0 unspecified atom stereocenters. The summed E-state index contributed by atoms with van der Waals surface area (Å²) in [6, 6.07) is 16.3. The standard InChI is InChI=1S/C15H16ClNS/c1-2-18-15-9-4-3-8-14(15)17-11-12-6-5-7-13(16)10-12/h3-10,17H,2,11H2,1H3. The third kappa shape index (κ3) is 3.69. The fraction of sp³-hybridized carbons (Fsp3) is 0.200. The van der Waals surface area contributed by atoms with Gasteiger partial charge in [-0.1, -0.05) is 42.8 Å². The minimum atomic E-state index is 0.783. The van der Waals surface area contributed by atoms with E-state index in [9.17, 15) is 0 Å². The van der Waals surface area contributed by atoms with Crippen LogP contribution in [0.2, 0.25) is 5.02 Å². The van der Waals surface area contributed by atoms with Gasteiger partial charge < -0.3 is 5.32 Å². The van der Waals surface area contributed by atoms with Gasteiger partial charge in [-0.2, -0.15) is 0 Å². The molecular weight excluding hydrogens is 262 g/mol. The van der Waals surface area contributed by atoms with Crippen molar-refractivity contribution in [3.05, 3.63) is 59.1 Å². The summed E-state index contributed by atoms with van der Waals surface area (Å²) in [5.74, 6) is 1.08. The molecule has 0 aliphatic carbocycles. The Morgan fingerprint density at radius 2 is 1.94 bits per heavy atom. The van der Waals surface area contributed by atoms with E-state index in [1.165, 1.54) is 16.1 Å². The first-order valence-electron chi connectivity index (χ1n) is 5.99. The molecule has 0 heterocycles. The Labute approximate surface area is 118 Å². The molecule has 0 aromatic heterocycles. The molecule has 0 aliphatic heterocycles. The minimum Gasteiger partial charge on any atom is -0.380 e. The van der Waals surface area contributed by atoms with Crippen molar-refractivity contribution in [1.29, 1.82) is 0 Å². The fourth-order valence-electron chi connectivity index (χ4n) is 1.74. The second kappa shape index (κ2) is 6.72. The van der Waals surface area contributed by atoms with Gasteiger partial charge in [0, 0.05) is 22.2 Å². The SMILES string of the molecule is CCSc1ccccc1NCc1cccc(Cl)c1. The van der Waals surface area contributed by atoms with Crippen LogP contribution in [0.15, 0.2) is 53.4 Å². The zero-order valence-corrected chi connectivity index (χ0v) is 11.9. The van der Waals surface area contributed by atoms with E-state index in [1.807, 2.05) is 30.0 Å². The first-order chi connectivity index (χ1) is 8.79.